The molecule has 0 aliphatic heterocycles. The van der Waals surface area contributed by atoms with E-state index >= 15 is 0 Å². The molecule has 7 nitrogen and oxygen atoms in total. The van der Waals surface area contributed by atoms with Crippen LogP contribution in [0.15, 0.2) is 23.4 Å². The molecule has 0 radical (unpaired) electrons. The third-order valence-electron chi connectivity index (χ3n) is 2.89. The molecule has 1 amide bonds. The number of aryl methyl sites for hydroxylation is 2. The maximum absolute atomic E-state index is 11.9. The van der Waals surface area contributed by atoms with E-state index in [1.807, 2.05) is 19.1 Å². The molecule has 0 aliphatic carbocycles. The lowest BCUT2D eigenvalue weighted by atomic mass is 10.1. The summed E-state index contributed by atoms with van der Waals surface area (Å²) in [6, 6.07) is 5.44. The number of benzene rings is 1. The fourth-order valence-corrected chi connectivity index (χ4v) is 2.57. The normalized spacial score (nSPS) is 10.6. The molecule has 2 aromatic rings. The number of hydrogen-bond acceptors (Lipinski definition) is 6. The second-order valence-electron chi connectivity index (χ2n) is 4.66. The van der Waals surface area contributed by atoms with Gasteiger partial charge in [-0.05, 0) is 47.5 Å². The summed E-state index contributed by atoms with van der Waals surface area (Å²) in [4.78, 5) is 11.9. The van der Waals surface area contributed by atoms with Crippen molar-refractivity contribution < 1.29 is 4.79 Å². The Balaban J connectivity index is 1.73. The molecule has 1 aromatic heterocycles. The summed E-state index contributed by atoms with van der Waals surface area (Å²) in [7, 11) is 1.79. The van der Waals surface area contributed by atoms with Gasteiger partial charge >= 0.3 is 0 Å². The lowest BCUT2D eigenvalue weighted by molar-refractivity contribution is -0.116. The summed E-state index contributed by atoms with van der Waals surface area (Å²) < 4.78 is 1.61. The Bertz CT molecular complexity index is 627. The number of tetrazole rings is 1. The van der Waals surface area contributed by atoms with Crippen LogP contribution in [-0.4, -0.2) is 31.9 Å². The van der Waals surface area contributed by atoms with Crippen LogP contribution in [0.1, 0.15) is 18.4 Å². The molecule has 2 rings (SSSR count). The highest BCUT2D eigenvalue weighted by Crippen LogP contribution is 2.18. The molecule has 8 heteroatoms. The second kappa shape index (κ2) is 7.07. The first-order valence-electron chi connectivity index (χ1n) is 6.57. The van der Waals surface area contributed by atoms with Crippen molar-refractivity contribution in [2.45, 2.75) is 24.9 Å². The zero-order valence-corrected chi connectivity index (χ0v) is 12.9. The van der Waals surface area contributed by atoms with Crippen LogP contribution in [0.5, 0.6) is 0 Å². The largest absolute Gasteiger partial charge is 0.399 e. The highest BCUT2D eigenvalue weighted by Gasteiger charge is 2.06. The number of rotatable bonds is 6. The Morgan fingerprint density at radius 2 is 2.29 bits per heavy atom. The molecule has 0 bridgehead atoms. The van der Waals surface area contributed by atoms with Gasteiger partial charge in [-0.2, -0.15) is 0 Å². The molecule has 0 aliphatic rings. The Morgan fingerprint density at radius 1 is 1.48 bits per heavy atom. The number of nitrogens with one attached hydrogen (secondary N) is 1. The van der Waals surface area contributed by atoms with Crippen molar-refractivity contribution in [1.82, 2.24) is 20.2 Å². The highest BCUT2D eigenvalue weighted by molar-refractivity contribution is 7.99. The molecule has 0 atom stereocenters. The summed E-state index contributed by atoms with van der Waals surface area (Å²) in [5, 5.41) is 14.8. The fourth-order valence-electron chi connectivity index (χ4n) is 1.78. The Labute approximate surface area is 127 Å². The van der Waals surface area contributed by atoms with Crippen LogP contribution >= 0.6 is 11.8 Å². The van der Waals surface area contributed by atoms with Gasteiger partial charge in [0, 0.05) is 30.6 Å². The monoisotopic (exact) mass is 306 g/mol. The van der Waals surface area contributed by atoms with E-state index in [0.29, 0.717) is 12.1 Å². The van der Waals surface area contributed by atoms with Crippen LogP contribution in [0, 0.1) is 6.92 Å². The zero-order chi connectivity index (χ0) is 15.2. The summed E-state index contributed by atoms with van der Waals surface area (Å²) in [6.45, 7) is 1.92. The molecular formula is C13H18N6OS. The Morgan fingerprint density at radius 3 is 2.95 bits per heavy atom. The molecule has 0 saturated heterocycles. The fraction of sp³-hybridized carbons (Fsp3) is 0.385. The zero-order valence-electron chi connectivity index (χ0n) is 12.0. The number of aromatic nitrogens is 4. The first-order valence-corrected chi connectivity index (χ1v) is 7.56. The van der Waals surface area contributed by atoms with Crippen LogP contribution in [0.2, 0.25) is 0 Å². The smallest absolute Gasteiger partial charge is 0.224 e. The summed E-state index contributed by atoms with van der Waals surface area (Å²) in [6.07, 6.45) is 1.22. The van der Waals surface area contributed by atoms with Gasteiger partial charge in [-0.15, -0.1) is 5.10 Å². The van der Waals surface area contributed by atoms with Gasteiger partial charge in [0.15, 0.2) is 0 Å². The van der Waals surface area contributed by atoms with Crippen LogP contribution < -0.4 is 11.1 Å². The van der Waals surface area contributed by atoms with E-state index in [2.05, 4.69) is 20.8 Å². The van der Waals surface area contributed by atoms with Gasteiger partial charge in [0.2, 0.25) is 11.1 Å². The number of carbonyl (C=O) groups is 1. The van der Waals surface area contributed by atoms with Crippen LogP contribution in [0.4, 0.5) is 11.4 Å². The van der Waals surface area contributed by atoms with Gasteiger partial charge in [0.1, 0.15) is 0 Å². The van der Waals surface area contributed by atoms with Crippen LogP contribution in [0.25, 0.3) is 0 Å². The summed E-state index contributed by atoms with van der Waals surface area (Å²) in [5.74, 6) is 0.794. The molecule has 0 saturated carbocycles. The quantitative estimate of drug-likeness (QED) is 0.478. The minimum Gasteiger partial charge on any atom is -0.399 e. The van der Waals surface area contributed by atoms with Gasteiger partial charge in [-0.25, -0.2) is 4.68 Å². The van der Waals surface area contributed by atoms with Gasteiger partial charge in [0.05, 0.1) is 0 Å². The topological polar surface area (TPSA) is 98.7 Å². The minimum absolute atomic E-state index is 0.000406. The Hall–Kier alpha value is -2.09. The van der Waals surface area contributed by atoms with Crippen molar-refractivity contribution in [2.24, 2.45) is 7.05 Å². The van der Waals surface area contributed by atoms with E-state index in [9.17, 15) is 4.79 Å². The maximum atomic E-state index is 11.9. The number of anilines is 2. The van der Waals surface area contributed by atoms with Gasteiger partial charge in [0.25, 0.3) is 0 Å². The minimum atomic E-state index is -0.000406. The molecule has 21 heavy (non-hydrogen) atoms. The Kier molecular flexibility index (Phi) is 5.15. The lowest BCUT2D eigenvalue weighted by Gasteiger charge is -2.08. The molecule has 0 unspecified atom stereocenters. The van der Waals surface area contributed by atoms with E-state index in [1.165, 1.54) is 11.8 Å². The number of nitrogens with zero attached hydrogens (tertiary/aromatic N) is 4. The van der Waals surface area contributed by atoms with Gasteiger partial charge in [-0.1, -0.05) is 11.8 Å². The van der Waals surface area contributed by atoms with E-state index < -0.39 is 0 Å². The number of nitrogens with two attached hydrogens (primary N) is 1. The standard InChI is InChI=1S/C13H18N6OS/c1-9-8-10(14)5-6-11(9)15-12(20)4-3-7-21-13-16-17-18-19(13)2/h5-6,8H,3-4,7,14H2,1-2H3,(H,15,20). The predicted octanol–water partition coefficient (Wildman–Crippen LogP) is 1.61. The van der Waals surface area contributed by atoms with Crippen molar-refractivity contribution in [2.75, 3.05) is 16.8 Å². The van der Waals surface area contributed by atoms with Gasteiger partial charge < -0.3 is 11.1 Å². The van der Waals surface area contributed by atoms with Crippen molar-refractivity contribution >= 4 is 29.0 Å². The van der Waals surface area contributed by atoms with E-state index in [0.717, 1.165) is 28.6 Å². The van der Waals surface area contributed by atoms with Crippen molar-refractivity contribution in [3.63, 3.8) is 0 Å². The molecule has 3 N–H and O–H groups in total. The first kappa shape index (κ1) is 15.3. The van der Waals surface area contributed by atoms with Crippen molar-refractivity contribution in [3.8, 4) is 0 Å². The molecule has 0 spiro atoms. The summed E-state index contributed by atoms with van der Waals surface area (Å²) >= 11 is 1.54. The lowest BCUT2D eigenvalue weighted by Crippen LogP contribution is -2.12. The van der Waals surface area contributed by atoms with E-state index in [4.69, 9.17) is 5.73 Å². The third kappa shape index (κ3) is 4.45. The van der Waals surface area contributed by atoms with Gasteiger partial charge in [-0.3, -0.25) is 4.79 Å². The van der Waals surface area contributed by atoms with Crippen LogP contribution in [-0.2, 0) is 11.8 Å². The molecule has 1 heterocycles. The maximum Gasteiger partial charge on any atom is 0.224 e. The number of carbonyl (C=O) groups excluding carboxylic acids is 1. The predicted molar refractivity (Wildman–Crippen MR) is 83.0 cm³/mol. The molecule has 0 fully saturated rings. The van der Waals surface area contributed by atoms with Crippen LogP contribution in [0.3, 0.4) is 0 Å². The van der Waals surface area contributed by atoms with E-state index in [1.54, 1.807) is 17.8 Å². The SMILES string of the molecule is Cc1cc(N)ccc1NC(=O)CCCSc1nnnn1C. The molecular weight excluding hydrogens is 288 g/mol. The molecule has 1 aromatic carbocycles. The number of thioether (sulfide) groups is 1. The first-order chi connectivity index (χ1) is 10.1. The second-order valence-corrected chi connectivity index (χ2v) is 5.72. The number of hydrogen-bond donors (Lipinski definition) is 2. The van der Waals surface area contributed by atoms with E-state index in [-0.39, 0.29) is 5.91 Å². The summed E-state index contributed by atoms with van der Waals surface area (Å²) in [5.41, 5.74) is 8.14. The highest BCUT2D eigenvalue weighted by atomic mass is 32.2. The molecule has 112 valence electrons. The van der Waals surface area contributed by atoms with Crippen molar-refractivity contribution in [1.29, 1.82) is 0 Å². The number of nitrogen functional groups attached to an aromatic ring is 1. The van der Waals surface area contributed by atoms with Crippen molar-refractivity contribution in [3.05, 3.63) is 23.8 Å². The average molecular weight is 306 g/mol. The third-order valence-corrected chi connectivity index (χ3v) is 3.98. The number of amides is 1. The average Bonchev–Trinajstić information content (AvgIpc) is 2.84.